The molecule has 0 unspecified atom stereocenters. The van der Waals surface area contributed by atoms with Crippen LogP contribution >= 0.6 is 11.6 Å². The average Bonchev–Trinajstić information content (AvgIpc) is 2.47. The topological polar surface area (TPSA) is 64.4 Å². The van der Waals surface area contributed by atoms with Crippen molar-refractivity contribution in [1.29, 1.82) is 0 Å². The summed E-state index contributed by atoms with van der Waals surface area (Å²) in [5, 5.41) is 14.4. The van der Waals surface area contributed by atoms with Gasteiger partial charge >= 0.3 is 0 Å². The van der Waals surface area contributed by atoms with Crippen molar-refractivity contribution in [3.63, 3.8) is 0 Å². The lowest BCUT2D eigenvalue weighted by Gasteiger charge is -2.12. The molecule has 0 radical (unpaired) electrons. The molecule has 0 aromatic heterocycles. The van der Waals surface area contributed by atoms with Crippen molar-refractivity contribution in [2.45, 2.75) is 13.5 Å². The molecule has 110 valence electrons. The molecule has 0 heterocycles. The van der Waals surface area contributed by atoms with Gasteiger partial charge in [0.25, 0.3) is 5.69 Å². The quantitative estimate of drug-likeness (QED) is 0.640. The van der Waals surface area contributed by atoms with Gasteiger partial charge in [-0.15, -0.1) is 0 Å². The van der Waals surface area contributed by atoms with Gasteiger partial charge in [0.05, 0.1) is 11.5 Å². The van der Waals surface area contributed by atoms with Gasteiger partial charge in [0, 0.05) is 23.2 Å². The predicted molar refractivity (Wildman–Crippen MR) is 83.0 cm³/mol. The normalized spacial score (nSPS) is 10.2. The summed E-state index contributed by atoms with van der Waals surface area (Å²) in [6.45, 7) is 2.91. The third-order valence-corrected chi connectivity index (χ3v) is 3.13. The van der Waals surface area contributed by atoms with E-state index < -0.39 is 4.92 Å². The molecule has 0 spiro atoms. The monoisotopic (exact) mass is 306 g/mol. The zero-order valence-electron chi connectivity index (χ0n) is 11.5. The molecule has 0 saturated heterocycles. The van der Waals surface area contributed by atoms with Crippen LogP contribution in [0.5, 0.6) is 5.75 Å². The van der Waals surface area contributed by atoms with Crippen LogP contribution in [0.15, 0.2) is 42.5 Å². The first-order chi connectivity index (χ1) is 10.1. The Morgan fingerprint density at radius 1 is 1.29 bits per heavy atom. The van der Waals surface area contributed by atoms with Gasteiger partial charge in [0.2, 0.25) is 0 Å². The first-order valence-electron chi connectivity index (χ1n) is 6.50. The van der Waals surface area contributed by atoms with E-state index in [9.17, 15) is 10.1 Å². The van der Waals surface area contributed by atoms with Gasteiger partial charge < -0.3 is 10.1 Å². The number of hydrogen-bond donors (Lipinski definition) is 1. The van der Waals surface area contributed by atoms with Gasteiger partial charge in [0.1, 0.15) is 11.4 Å². The lowest BCUT2D eigenvalue weighted by Crippen LogP contribution is -2.05. The Bertz CT molecular complexity index is 647. The molecular weight excluding hydrogens is 292 g/mol. The summed E-state index contributed by atoms with van der Waals surface area (Å²) in [5.74, 6) is 0.768. The second kappa shape index (κ2) is 6.95. The smallest absolute Gasteiger partial charge is 0.293 e. The maximum absolute atomic E-state index is 11.0. The molecule has 2 aromatic carbocycles. The van der Waals surface area contributed by atoms with Crippen molar-refractivity contribution in [1.82, 2.24) is 0 Å². The second-order valence-electron chi connectivity index (χ2n) is 4.31. The third-order valence-electron chi connectivity index (χ3n) is 2.90. The number of hydrogen-bond acceptors (Lipinski definition) is 4. The largest absolute Gasteiger partial charge is 0.494 e. The predicted octanol–water partition coefficient (Wildman–Crippen LogP) is 4.26. The number of para-hydroxylation sites is 1. The lowest BCUT2D eigenvalue weighted by molar-refractivity contribution is -0.383. The van der Waals surface area contributed by atoms with Crippen LogP contribution in [-0.4, -0.2) is 11.5 Å². The van der Waals surface area contributed by atoms with E-state index in [1.54, 1.807) is 12.1 Å². The van der Waals surface area contributed by atoms with E-state index in [0.717, 1.165) is 11.3 Å². The average molecular weight is 307 g/mol. The van der Waals surface area contributed by atoms with Crippen LogP contribution in [-0.2, 0) is 6.54 Å². The SMILES string of the molecule is CCOc1ccccc1CNc1ccc(Cl)cc1[N+](=O)[O-]. The molecule has 0 bridgehead atoms. The van der Waals surface area contributed by atoms with Crippen LogP contribution in [0, 0.1) is 10.1 Å². The van der Waals surface area contributed by atoms with Crippen LogP contribution in [0.4, 0.5) is 11.4 Å². The Labute approximate surface area is 127 Å². The summed E-state index contributed by atoms with van der Waals surface area (Å²) in [6.07, 6.45) is 0. The molecule has 5 nitrogen and oxygen atoms in total. The fraction of sp³-hybridized carbons (Fsp3) is 0.200. The molecule has 1 N–H and O–H groups in total. The molecule has 0 fully saturated rings. The summed E-state index contributed by atoms with van der Waals surface area (Å²) in [5.41, 5.74) is 1.32. The highest BCUT2D eigenvalue weighted by atomic mass is 35.5. The molecule has 6 heteroatoms. The highest BCUT2D eigenvalue weighted by Crippen LogP contribution is 2.29. The molecule has 0 aliphatic heterocycles. The number of nitro benzene ring substituents is 1. The number of anilines is 1. The van der Waals surface area contributed by atoms with Crippen molar-refractivity contribution in [3.05, 3.63) is 63.2 Å². The number of ether oxygens (including phenoxy) is 1. The van der Waals surface area contributed by atoms with Crippen LogP contribution < -0.4 is 10.1 Å². The first kappa shape index (κ1) is 15.1. The third kappa shape index (κ3) is 3.86. The molecule has 0 saturated carbocycles. The van der Waals surface area contributed by atoms with Gasteiger partial charge in [-0.1, -0.05) is 29.8 Å². The molecule has 0 aliphatic carbocycles. The van der Waals surface area contributed by atoms with Crippen LogP contribution in [0.2, 0.25) is 5.02 Å². The fourth-order valence-corrected chi connectivity index (χ4v) is 2.11. The van der Waals surface area contributed by atoms with Crippen molar-refractivity contribution in [2.24, 2.45) is 0 Å². The molecule has 0 aliphatic rings. The van der Waals surface area contributed by atoms with Crippen molar-refractivity contribution < 1.29 is 9.66 Å². The maximum atomic E-state index is 11.0. The van der Waals surface area contributed by atoms with E-state index >= 15 is 0 Å². The Morgan fingerprint density at radius 3 is 2.76 bits per heavy atom. The molecule has 2 aromatic rings. The summed E-state index contributed by atoms with van der Waals surface area (Å²) < 4.78 is 5.53. The van der Waals surface area contributed by atoms with E-state index in [4.69, 9.17) is 16.3 Å². The molecule has 2 rings (SSSR count). The zero-order valence-corrected chi connectivity index (χ0v) is 12.3. The summed E-state index contributed by atoms with van der Waals surface area (Å²) in [4.78, 5) is 10.6. The van der Waals surface area contributed by atoms with Crippen LogP contribution in [0.25, 0.3) is 0 Å². The van der Waals surface area contributed by atoms with Gasteiger partial charge in [0.15, 0.2) is 0 Å². The minimum absolute atomic E-state index is 0.0450. The van der Waals surface area contributed by atoms with E-state index in [-0.39, 0.29) is 5.69 Å². The van der Waals surface area contributed by atoms with E-state index in [1.807, 2.05) is 31.2 Å². The number of nitro groups is 1. The standard InChI is InChI=1S/C15H15ClN2O3/c1-2-21-15-6-4-3-5-11(15)10-17-13-8-7-12(16)9-14(13)18(19)20/h3-9,17H,2,10H2,1H3. The molecule has 0 atom stereocenters. The number of nitrogens with one attached hydrogen (secondary N) is 1. The highest BCUT2D eigenvalue weighted by molar-refractivity contribution is 6.30. The summed E-state index contributed by atoms with van der Waals surface area (Å²) in [7, 11) is 0. The number of halogens is 1. The second-order valence-corrected chi connectivity index (χ2v) is 4.75. The van der Waals surface area contributed by atoms with Gasteiger partial charge in [-0.05, 0) is 25.1 Å². The summed E-state index contributed by atoms with van der Waals surface area (Å²) in [6, 6.07) is 12.1. The van der Waals surface area contributed by atoms with Gasteiger partial charge in [-0.3, -0.25) is 10.1 Å². The Balaban J connectivity index is 2.19. The first-order valence-corrected chi connectivity index (χ1v) is 6.88. The molecule has 21 heavy (non-hydrogen) atoms. The molecule has 0 amide bonds. The Hall–Kier alpha value is -2.27. The molecular formula is C15H15ClN2O3. The Kier molecular flexibility index (Phi) is 5.00. The van der Waals surface area contributed by atoms with Crippen molar-refractivity contribution >= 4 is 23.0 Å². The maximum Gasteiger partial charge on any atom is 0.293 e. The Morgan fingerprint density at radius 2 is 2.05 bits per heavy atom. The van der Waals surface area contributed by atoms with Crippen LogP contribution in [0.1, 0.15) is 12.5 Å². The lowest BCUT2D eigenvalue weighted by atomic mass is 10.2. The highest BCUT2D eigenvalue weighted by Gasteiger charge is 2.14. The van der Waals surface area contributed by atoms with E-state index in [0.29, 0.717) is 23.9 Å². The zero-order chi connectivity index (χ0) is 15.2. The number of nitrogens with zero attached hydrogens (tertiary/aromatic N) is 1. The van der Waals surface area contributed by atoms with Gasteiger partial charge in [-0.2, -0.15) is 0 Å². The van der Waals surface area contributed by atoms with E-state index in [1.165, 1.54) is 6.07 Å². The minimum Gasteiger partial charge on any atom is -0.494 e. The summed E-state index contributed by atoms with van der Waals surface area (Å²) >= 11 is 5.79. The number of benzene rings is 2. The number of rotatable bonds is 6. The fourth-order valence-electron chi connectivity index (χ4n) is 1.94. The van der Waals surface area contributed by atoms with E-state index in [2.05, 4.69) is 5.32 Å². The van der Waals surface area contributed by atoms with Crippen molar-refractivity contribution in [3.8, 4) is 5.75 Å². The minimum atomic E-state index is -0.456. The van der Waals surface area contributed by atoms with Crippen molar-refractivity contribution in [2.75, 3.05) is 11.9 Å². The van der Waals surface area contributed by atoms with Crippen LogP contribution in [0.3, 0.4) is 0 Å². The van der Waals surface area contributed by atoms with Gasteiger partial charge in [-0.25, -0.2) is 0 Å².